The summed E-state index contributed by atoms with van der Waals surface area (Å²) in [6.07, 6.45) is 4.75. The summed E-state index contributed by atoms with van der Waals surface area (Å²) in [5.74, 6) is -0.341. The maximum Gasteiger partial charge on any atom is 0.322 e. The number of halogens is 2. The molecular weight excluding hydrogens is 418 g/mol. The first-order valence-corrected chi connectivity index (χ1v) is 10.7. The van der Waals surface area contributed by atoms with Crippen LogP contribution in [-0.2, 0) is 5.54 Å². The molecule has 0 unspecified atom stereocenters. The standard InChI is InChI=1S/C22H24F2N6O2/c1-22(16-11-14(23)3-4-17(16)24)7-2-8-29(22)19-6-10-30-20(27-19)18(12-25-30)26-21(32)28-9-5-15(31)13-28/h3-4,6,10-12,15,31H,2,5,7-9,13H2,1H3,(H,26,32)/t15-,22-/m1/s1. The minimum absolute atomic E-state index is 0.287. The summed E-state index contributed by atoms with van der Waals surface area (Å²) >= 11 is 0. The molecule has 2 fully saturated rings. The van der Waals surface area contributed by atoms with Gasteiger partial charge >= 0.3 is 6.03 Å². The average Bonchev–Trinajstić information content (AvgIpc) is 3.49. The summed E-state index contributed by atoms with van der Waals surface area (Å²) in [6.45, 7) is 3.30. The number of hydrogen-bond acceptors (Lipinski definition) is 5. The molecule has 0 saturated carbocycles. The number of anilines is 2. The van der Waals surface area contributed by atoms with E-state index < -0.39 is 23.3 Å². The highest BCUT2D eigenvalue weighted by atomic mass is 19.1. The van der Waals surface area contributed by atoms with Gasteiger partial charge in [0.1, 0.15) is 23.1 Å². The zero-order valence-electron chi connectivity index (χ0n) is 17.6. The lowest BCUT2D eigenvalue weighted by atomic mass is 9.88. The van der Waals surface area contributed by atoms with Crippen molar-refractivity contribution in [2.24, 2.45) is 0 Å². The third-order valence-corrected chi connectivity index (χ3v) is 6.47. The fourth-order valence-corrected chi connectivity index (χ4v) is 4.74. The van der Waals surface area contributed by atoms with E-state index >= 15 is 0 Å². The van der Waals surface area contributed by atoms with Gasteiger partial charge in [-0.3, -0.25) is 0 Å². The van der Waals surface area contributed by atoms with Gasteiger partial charge in [-0.1, -0.05) is 0 Å². The predicted molar refractivity (Wildman–Crippen MR) is 114 cm³/mol. The number of carbonyl (C=O) groups excluding carboxylic acids is 1. The number of aliphatic hydroxyl groups is 1. The van der Waals surface area contributed by atoms with E-state index in [1.807, 2.05) is 11.8 Å². The zero-order chi connectivity index (χ0) is 22.5. The Bertz CT molecular complexity index is 1180. The number of fused-ring (bicyclic) bond motifs is 1. The highest BCUT2D eigenvalue weighted by Gasteiger charge is 2.41. The van der Waals surface area contributed by atoms with E-state index in [1.165, 1.54) is 12.3 Å². The Morgan fingerprint density at radius 2 is 2.12 bits per heavy atom. The quantitative estimate of drug-likeness (QED) is 0.651. The number of nitrogens with zero attached hydrogens (tertiary/aromatic N) is 5. The Morgan fingerprint density at radius 3 is 2.91 bits per heavy atom. The molecule has 10 heteroatoms. The molecule has 0 radical (unpaired) electrons. The molecule has 2 aliphatic heterocycles. The number of rotatable bonds is 3. The number of likely N-dealkylation sites (tertiary alicyclic amines) is 1. The largest absolute Gasteiger partial charge is 0.391 e. The van der Waals surface area contributed by atoms with Gasteiger partial charge in [0.2, 0.25) is 0 Å². The van der Waals surface area contributed by atoms with Crippen molar-refractivity contribution < 1.29 is 18.7 Å². The van der Waals surface area contributed by atoms with Gasteiger partial charge in [-0.2, -0.15) is 5.10 Å². The Hall–Kier alpha value is -3.27. The van der Waals surface area contributed by atoms with Crippen molar-refractivity contribution in [3.63, 3.8) is 0 Å². The number of hydrogen-bond donors (Lipinski definition) is 2. The summed E-state index contributed by atoms with van der Waals surface area (Å²) in [5, 5.41) is 16.7. The van der Waals surface area contributed by atoms with Gasteiger partial charge in [0, 0.05) is 31.4 Å². The molecule has 2 N–H and O–H groups in total. The Balaban J connectivity index is 1.47. The van der Waals surface area contributed by atoms with Crippen LogP contribution in [0.2, 0.25) is 0 Å². The first kappa shape index (κ1) is 20.6. The van der Waals surface area contributed by atoms with Gasteiger partial charge < -0.3 is 20.2 Å². The number of carbonyl (C=O) groups is 1. The fraction of sp³-hybridized carbons (Fsp3) is 0.409. The van der Waals surface area contributed by atoms with Crippen molar-refractivity contribution >= 4 is 23.2 Å². The highest BCUT2D eigenvalue weighted by molar-refractivity contribution is 5.93. The maximum atomic E-state index is 14.6. The van der Waals surface area contributed by atoms with Crippen molar-refractivity contribution in [3.8, 4) is 0 Å². The van der Waals surface area contributed by atoms with E-state index in [0.717, 1.165) is 18.6 Å². The Morgan fingerprint density at radius 1 is 1.28 bits per heavy atom. The van der Waals surface area contributed by atoms with Gasteiger partial charge in [-0.25, -0.2) is 23.1 Å². The number of urea groups is 1. The van der Waals surface area contributed by atoms with Gasteiger partial charge in [-0.15, -0.1) is 0 Å². The number of aromatic nitrogens is 3. The van der Waals surface area contributed by atoms with E-state index in [0.29, 0.717) is 48.6 Å². The number of nitrogens with one attached hydrogen (secondary N) is 1. The number of aliphatic hydroxyl groups excluding tert-OH is 1. The van der Waals surface area contributed by atoms with Gasteiger partial charge in [0.05, 0.1) is 17.8 Å². The average molecular weight is 442 g/mol. The zero-order valence-corrected chi connectivity index (χ0v) is 17.6. The van der Waals surface area contributed by atoms with E-state index in [9.17, 15) is 18.7 Å². The lowest BCUT2D eigenvalue weighted by molar-refractivity contribution is 0.176. The van der Waals surface area contributed by atoms with Crippen LogP contribution in [-0.4, -0.2) is 56.4 Å². The van der Waals surface area contributed by atoms with E-state index in [4.69, 9.17) is 4.98 Å². The third kappa shape index (κ3) is 3.44. The molecule has 2 atom stereocenters. The molecule has 0 aliphatic carbocycles. The molecule has 4 heterocycles. The predicted octanol–water partition coefficient (Wildman–Crippen LogP) is 3.12. The molecule has 0 spiro atoms. The molecule has 2 saturated heterocycles. The molecule has 2 aromatic heterocycles. The van der Waals surface area contributed by atoms with Gasteiger partial charge in [-0.05, 0) is 50.5 Å². The Kier molecular flexibility index (Phi) is 4.96. The van der Waals surface area contributed by atoms with Crippen LogP contribution in [0.1, 0.15) is 31.7 Å². The van der Waals surface area contributed by atoms with Crippen molar-refractivity contribution in [1.29, 1.82) is 0 Å². The number of benzene rings is 1. The molecule has 3 aromatic rings. The smallest absolute Gasteiger partial charge is 0.322 e. The minimum Gasteiger partial charge on any atom is -0.391 e. The molecule has 168 valence electrons. The Labute approximate surface area is 183 Å². The van der Waals surface area contributed by atoms with E-state index in [-0.39, 0.29) is 12.6 Å². The molecule has 1 aromatic carbocycles. The third-order valence-electron chi connectivity index (χ3n) is 6.47. The van der Waals surface area contributed by atoms with Gasteiger partial charge in [0.25, 0.3) is 0 Å². The van der Waals surface area contributed by atoms with Crippen LogP contribution in [0.25, 0.3) is 5.65 Å². The normalized spacial score (nSPS) is 23.3. The molecule has 2 aliphatic rings. The summed E-state index contributed by atoms with van der Waals surface area (Å²) < 4.78 is 30.1. The first-order valence-electron chi connectivity index (χ1n) is 10.7. The molecule has 5 rings (SSSR count). The number of amides is 2. The van der Waals surface area contributed by atoms with Crippen LogP contribution in [0.5, 0.6) is 0 Å². The second-order valence-electron chi connectivity index (χ2n) is 8.58. The molecule has 8 nitrogen and oxygen atoms in total. The lowest BCUT2D eigenvalue weighted by Gasteiger charge is -2.37. The van der Waals surface area contributed by atoms with Crippen LogP contribution in [0, 0.1) is 11.6 Å². The van der Waals surface area contributed by atoms with Crippen molar-refractivity contribution in [2.45, 2.75) is 37.8 Å². The summed E-state index contributed by atoms with van der Waals surface area (Å²) in [6, 6.07) is 4.98. The van der Waals surface area contributed by atoms with Crippen LogP contribution < -0.4 is 10.2 Å². The van der Waals surface area contributed by atoms with Crippen LogP contribution in [0.3, 0.4) is 0 Å². The van der Waals surface area contributed by atoms with Crippen molar-refractivity contribution in [3.05, 3.63) is 53.9 Å². The lowest BCUT2D eigenvalue weighted by Crippen LogP contribution is -2.40. The summed E-state index contributed by atoms with van der Waals surface area (Å²) in [4.78, 5) is 20.8. The van der Waals surface area contributed by atoms with E-state index in [1.54, 1.807) is 21.7 Å². The maximum absolute atomic E-state index is 14.6. The highest BCUT2D eigenvalue weighted by Crippen LogP contribution is 2.42. The molecule has 0 bridgehead atoms. The minimum atomic E-state index is -0.757. The van der Waals surface area contributed by atoms with E-state index in [2.05, 4.69) is 10.4 Å². The first-order chi connectivity index (χ1) is 15.3. The summed E-state index contributed by atoms with van der Waals surface area (Å²) in [7, 11) is 0. The summed E-state index contributed by atoms with van der Waals surface area (Å²) in [5.41, 5.74) is 0.430. The molecular formula is C22H24F2N6O2. The SMILES string of the molecule is C[C@]1(c2cc(F)ccc2F)CCCN1c1ccn2ncc(NC(=O)N3CC[C@@H](O)C3)c2n1. The topological polar surface area (TPSA) is 86.0 Å². The van der Waals surface area contributed by atoms with Crippen LogP contribution in [0.4, 0.5) is 25.1 Å². The van der Waals surface area contributed by atoms with Gasteiger partial charge in [0.15, 0.2) is 5.65 Å². The monoisotopic (exact) mass is 442 g/mol. The van der Waals surface area contributed by atoms with Crippen LogP contribution >= 0.6 is 0 Å². The second kappa shape index (κ2) is 7.70. The van der Waals surface area contributed by atoms with Crippen LogP contribution in [0.15, 0.2) is 36.7 Å². The molecule has 32 heavy (non-hydrogen) atoms. The van der Waals surface area contributed by atoms with Crippen molar-refractivity contribution in [1.82, 2.24) is 19.5 Å². The number of β-amino-alcohol motifs (C(OH)–C–C–N with tert-alkyl or cyclic N) is 1. The molecule has 2 amide bonds. The second-order valence-corrected chi connectivity index (χ2v) is 8.58. The fourth-order valence-electron chi connectivity index (χ4n) is 4.74. The van der Waals surface area contributed by atoms with Crippen molar-refractivity contribution in [2.75, 3.05) is 29.9 Å².